The van der Waals surface area contributed by atoms with E-state index in [0.717, 1.165) is 11.3 Å². The molecule has 0 fully saturated rings. The molecule has 136 valence electrons. The standard InChI is InChI=1S/C16H23N5O3S/c1-2-24-15(23)8-10-18-14(22)7-9-19-16(25)21-13-5-3-12(4-6-13)11-20-17/h3-6,11H,2,7-10,17H2,1H3,(H,18,22)(H2,19,21,25). The Morgan fingerprint density at radius 3 is 2.52 bits per heavy atom. The molecule has 0 aliphatic carbocycles. The highest BCUT2D eigenvalue weighted by molar-refractivity contribution is 7.80. The molecule has 0 bridgehead atoms. The van der Waals surface area contributed by atoms with Gasteiger partial charge in [-0.1, -0.05) is 12.1 Å². The van der Waals surface area contributed by atoms with E-state index in [1.54, 1.807) is 13.1 Å². The molecule has 5 N–H and O–H groups in total. The van der Waals surface area contributed by atoms with Gasteiger partial charge >= 0.3 is 5.97 Å². The number of thiocarbonyl (C=S) groups is 1. The summed E-state index contributed by atoms with van der Waals surface area (Å²) in [7, 11) is 0. The highest BCUT2D eigenvalue weighted by atomic mass is 32.1. The van der Waals surface area contributed by atoms with E-state index in [-0.39, 0.29) is 31.3 Å². The van der Waals surface area contributed by atoms with Crippen LogP contribution in [0.4, 0.5) is 5.69 Å². The summed E-state index contributed by atoms with van der Waals surface area (Å²) in [6.07, 6.45) is 1.95. The van der Waals surface area contributed by atoms with Gasteiger partial charge in [0.2, 0.25) is 5.91 Å². The van der Waals surface area contributed by atoms with Gasteiger partial charge in [0, 0.05) is 25.2 Å². The minimum atomic E-state index is -0.324. The summed E-state index contributed by atoms with van der Waals surface area (Å²) in [5.74, 6) is 4.60. The number of carbonyl (C=O) groups is 2. The number of benzene rings is 1. The molecule has 0 heterocycles. The number of nitrogens with zero attached hydrogens (tertiary/aromatic N) is 1. The fourth-order valence-corrected chi connectivity index (χ4v) is 2.05. The number of carbonyl (C=O) groups excluding carboxylic acids is 2. The molecule has 0 unspecified atom stereocenters. The number of rotatable bonds is 9. The lowest BCUT2D eigenvalue weighted by atomic mass is 10.2. The molecule has 25 heavy (non-hydrogen) atoms. The molecule has 9 heteroatoms. The Bertz CT molecular complexity index is 604. The van der Waals surface area contributed by atoms with Crippen molar-refractivity contribution in [2.75, 3.05) is 25.0 Å². The van der Waals surface area contributed by atoms with Crippen molar-refractivity contribution in [2.45, 2.75) is 19.8 Å². The lowest BCUT2D eigenvalue weighted by Crippen LogP contribution is -2.33. The molecule has 0 aliphatic rings. The summed E-state index contributed by atoms with van der Waals surface area (Å²) < 4.78 is 4.77. The average Bonchev–Trinajstić information content (AvgIpc) is 2.57. The molecule has 0 aromatic heterocycles. The van der Waals surface area contributed by atoms with Gasteiger partial charge in [0.25, 0.3) is 0 Å². The second-order valence-corrected chi connectivity index (χ2v) is 5.34. The molecule has 0 saturated heterocycles. The van der Waals surface area contributed by atoms with Crippen LogP contribution in [0.15, 0.2) is 29.4 Å². The number of hydrogen-bond acceptors (Lipinski definition) is 6. The van der Waals surface area contributed by atoms with E-state index in [1.807, 2.05) is 24.3 Å². The summed E-state index contributed by atoms with van der Waals surface area (Å²) in [6.45, 7) is 2.72. The Labute approximate surface area is 152 Å². The Balaban J connectivity index is 2.19. The highest BCUT2D eigenvalue weighted by Crippen LogP contribution is 2.07. The lowest BCUT2D eigenvalue weighted by Gasteiger charge is -2.10. The molecular weight excluding hydrogens is 342 g/mol. The Morgan fingerprint density at radius 1 is 1.20 bits per heavy atom. The second-order valence-electron chi connectivity index (χ2n) is 4.94. The van der Waals surface area contributed by atoms with Crippen molar-refractivity contribution in [1.82, 2.24) is 10.6 Å². The van der Waals surface area contributed by atoms with Gasteiger partial charge in [-0.2, -0.15) is 5.10 Å². The van der Waals surface area contributed by atoms with Crippen LogP contribution in [-0.2, 0) is 14.3 Å². The van der Waals surface area contributed by atoms with Gasteiger partial charge in [0.15, 0.2) is 5.11 Å². The lowest BCUT2D eigenvalue weighted by molar-refractivity contribution is -0.143. The van der Waals surface area contributed by atoms with Gasteiger partial charge in [0.05, 0.1) is 19.2 Å². The number of esters is 1. The van der Waals surface area contributed by atoms with Crippen LogP contribution in [0, 0.1) is 0 Å². The van der Waals surface area contributed by atoms with E-state index < -0.39 is 0 Å². The van der Waals surface area contributed by atoms with E-state index in [2.05, 4.69) is 21.1 Å². The summed E-state index contributed by atoms with van der Waals surface area (Å²) >= 11 is 5.16. The SMILES string of the molecule is CCOC(=O)CCNC(=O)CCNC(=S)Nc1ccc(C=NN)cc1. The fraction of sp³-hybridized carbons (Fsp3) is 0.375. The van der Waals surface area contributed by atoms with Crippen molar-refractivity contribution in [3.05, 3.63) is 29.8 Å². The Morgan fingerprint density at radius 2 is 1.88 bits per heavy atom. The van der Waals surface area contributed by atoms with Crippen LogP contribution in [0.1, 0.15) is 25.3 Å². The zero-order valence-electron chi connectivity index (χ0n) is 14.1. The van der Waals surface area contributed by atoms with Crippen LogP contribution in [0.2, 0.25) is 0 Å². The topological polar surface area (TPSA) is 118 Å². The molecule has 1 rings (SSSR count). The average molecular weight is 365 g/mol. The predicted octanol–water partition coefficient (Wildman–Crippen LogP) is 0.725. The van der Waals surface area contributed by atoms with Gasteiger partial charge in [-0.05, 0) is 36.8 Å². The molecule has 0 spiro atoms. The number of amides is 1. The molecule has 8 nitrogen and oxygen atoms in total. The normalized spacial score (nSPS) is 10.3. The van der Waals surface area contributed by atoms with Crippen molar-refractivity contribution >= 4 is 41.1 Å². The first-order valence-corrected chi connectivity index (χ1v) is 8.26. The quantitative estimate of drug-likeness (QED) is 0.167. The van der Waals surface area contributed by atoms with E-state index in [9.17, 15) is 9.59 Å². The summed E-state index contributed by atoms with van der Waals surface area (Å²) in [5, 5.41) is 12.5. The zero-order chi connectivity index (χ0) is 18.5. The van der Waals surface area contributed by atoms with Crippen molar-refractivity contribution < 1.29 is 14.3 Å². The van der Waals surface area contributed by atoms with E-state index >= 15 is 0 Å². The molecule has 1 aromatic rings. The Hall–Kier alpha value is -2.68. The van der Waals surface area contributed by atoms with Gasteiger partial charge < -0.3 is 26.5 Å². The van der Waals surface area contributed by atoms with Crippen molar-refractivity contribution in [3.8, 4) is 0 Å². The van der Waals surface area contributed by atoms with Crippen LogP contribution in [0.5, 0.6) is 0 Å². The van der Waals surface area contributed by atoms with E-state index in [4.69, 9.17) is 22.8 Å². The number of nitrogens with two attached hydrogens (primary N) is 1. The molecule has 0 radical (unpaired) electrons. The minimum Gasteiger partial charge on any atom is -0.466 e. The van der Waals surface area contributed by atoms with Gasteiger partial charge in [-0.3, -0.25) is 9.59 Å². The first kappa shape index (κ1) is 20.4. The third-order valence-corrected chi connectivity index (χ3v) is 3.23. The molecule has 1 amide bonds. The van der Waals surface area contributed by atoms with Gasteiger partial charge in [-0.15, -0.1) is 0 Å². The smallest absolute Gasteiger partial charge is 0.307 e. The van der Waals surface area contributed by atoms with Crippen LogP contribution >= 0.6 is 12.2 Å². The number of ether oxygens (including phenoxy) is 1. The second kappa shape index (κ2) is 11.8. The maximum Gasteiger partial charge on any atom is 0.307 e. The molecule has 0 aliphatic heterocycles. The van der Waals surface area contributed by atoms with Gasteiger partial charge in [-0.25, -0.2) is 0 Å². The van der Waals surface area contributed by atoms with Crippen molar-refractivity contribution in [3.63, 3.8) is 0 Å². The predicted molar refractivity (Wildman–Crippen MR) is 101 cm³/mol. The maximum atomic E-state index is 11.6. The first-order chi connectivity index (χ1) is 12.0. The minimum absolute atomic E-state index is 0.162. The third-order valence-electron chi connectivity index (χ3n) is 2.99. The summed E-state index contributed by atoms with van der Waals surface area (Å²) in [5.41, 5.74) is 1.69. The van der Waals surface area contributed by atoms with Crippen LogP contribution < -0.4 is 21.8 Å². The summed E-state index contributed by atoms with van der Waals surface area (Å²) in [6, 6.07) is 7.37. The van der Waals surface area contributed by atoms with Crippen LogP contribution in [0.3, 0.4) is 0 Å². The monoisotopic (exact) mass is 365 g/mol. The van der Waals surface area contributed by atoms with Crippen molar-refractivity contribution in [2.24, 2.45) is 10.9 Å². The van der Waals surface area contributed by atoms with Gasteiger partial charge in [0.1, 0.15) is 0 Å². The molecule has 0 atom stereocenters. The van der Waals surface area contributed by atoms with E-state index in [0.29, 0.717) is 18.3 Å². The number of anilines is 1. The number of hydrazone groups is 1. The zero-order valence-corrected chi connectivity index (χ0v) is 14.9. The fourth-order valence-electron chi connectivity index (χ4n) is 1.83. The Kier molecular flexibility index (Phi) is 9.61. The van der Waals surface area contributed by atoms with Crippen LogP contribution in [0.25, 0.3) is 0 Å². The highest BCUT2D eigenvalue weighted by Gasteiger charge is 2.05. The number of hydrogen-bond donors (Lipinski definition) is 4. The first-order valence-electron chi connectivity index (χ1n) is 7.85. The summed E-state index contributed by atoms with van der Waals surface area (Å²) in [4.78, 5) is 22.8. The van der Waals surface area contributed by atoms with Crippen LogP contribution in [-0.4, -0.2) is 42.9 Å². The molecule has 1 aromatic carbocycles. The number of nitrogens with one attached hydrogen (secondary N) is 3. The molecule has 0 saturated carbocycles. The third kappa shape index (κ3) is 9.26. The van der Waals surface area contributed by atoms with Crippen molar-refractivity contribution in [1.29, 1.82) is 0 Å². The maximum absolute atomic E-state index is 11.6. The molecular formula is C16H23N5O3S. The van der Waals surface area contributed by atoms with E-state index in [1.165, 1.54) is 0 Å². The largest absolute Gasteiger partial charge is 0.466 e.